The van der Waals surface area contributed by atoms with Crippen LogP contribution in [0, 0.1) is 0 Å². The summed E-state index contributed by atoms with van der Waals surface area (Å²) >= 11 is 0. The lowest BCUT2D eigenvalue weighted by Gasteiger charge is -2.26. The lowest BCUT2D eigenvalue weighted by Crippen LogP contribution is -2.37. The number of hydrogen-bond donors (Lipinski definition) is 1. The van der Waals surface area contributed by atoms with Gasteiger partial charge in [-0.1, -0.05) is 42.5 Å². The topological polar surface area (TPSA) is 33.7 Å². The Balaban J connectivity index is 1.30. The van der Waals surface area contributed by atoms with Crippen LogP contribution in [0.2, 0.25) is 0 Å². The molecule has 1 aliphatic heterocycles. The molecular weight excluding hydrogens is 312 g/mol. The second-order valence-corrected chi connectivity index (χ2v) is 6.40. The highest BCUT2D eigenvalue weighted by atomic mass is 16.5. The SMILES string of the molecule is c1ccc(COc2ccc(CNCCCN3CCOCC3)cc2)cc1. The summed E-state index contributed by atoms with van der Waals surface area (Å²) in [7, 11) is 0. The summed E-state index contributed by atoms with van der Waals surface area (Å²) in [6, 6.07) is 18.6. The number of ether oxygens (including phenoxy) is 2. The summed E-state index contributed by atoms with van der Waals surface area (Å²) in [6.07, 6.45) is 1.18. The lowest BCUT2D eigenvalue weighted by atomic mass is 10.2. The van der Waals surface area contributed by atoms with E-state index in [0.29, 0.717) is 6.61 Å². The first-order valence-electron chi connectivity index (χ1n) is 9.17. The molecule has 0 amide bonds. The number of nitrogens with zero attached hydrogens (tertiary/aromatic N) is 1. The van der Waals surface area contributed by atoms with Crippen molar-refractivity contribution in [2.24, 2.45) is 0 Å². The second kappa shape index (κ2) is 10.2. The third-order valence-corrected chi connectivity index (χ3v) is 4.43. The van der Waals surface area contributed by atoms with Crippen molar-refractivity contribution in [1.82, 2.24) is 10.2 Å². The highest BCUT2D eigenvalue weighted by Gasteiger charge is 2.08. The number of hydrogen-bond acceptors (Lipinski definition) is 4. The molecule has 0 aromatic heterocycles. The van der Waals surface area contributed by atoms with Crippen molar-refractivity contribution < 1.29 is 9.47 Å². The maximum Gasteiger partial charge on any atom is 0.119 e. The summed E-state index contributed by atoms with van der Waals surface area (Å²) in [5.41, 5.74) is 2.48. The smallest absolute Gasteiger partial charge is 0.119 e. The van der Waals surface area contributed by atoms with E-state index in [2.05, 4.69) is 34.5 Å². The van der Waals surface area contributed by atoms with Crippen molar-refractivity contribution in [1.29, 1.82) is 0 Å². The molecule has 25 heavy (non-hydrogen) atoms. The van der Waals surface area contributed by atoms with Crippen LogP contribution >= 0.6 is 0 Å². The van der Waals surface area contributed by atoms with Gasteiger partial charge in [0.1, 0.15) is 12.4 Å². The summed E-state index contributed by atoms with van der Waals surface area (Å²) in [4.78, 5) is 2.48. The molecule has 0 bridgehead atoms. The van der Waals surface area contributed by atoms with E-state index in [-0.39, 0.29) is 0 Å². The maximum absolute atomic E-state index is 5.82. The van der Waals surface area contributed by atoms with Crippen LogP contribution in [0.3, 0.4) is 0 Å². The molecule has 0 atom stereocenters. The minimum absolute atomic E-state index is 0.611. The van der Waals surface area contributed by atoms with Gasteiger partial charge in [0.05, 0.1) is 13.2 Å². The van der Waals surface area contributed by atoms with Crippen molar-refractivity contribution in [3.63, 3.8) is 0 Å². The molecule has 0 saturated carbocycles. The van der Waals surface area contributed by atoms with Crippen LogP contribution in [0.4, 0.5) is 0 Å². The van der Waals surface area contributed by atoms with E-state index >= 15 is 0 Å². The van der Waals surface area contributed by atoms with Crippen LogP contribution in [-0.4, -0.2) is 44.3 Å². The van der Waals surface area contributed by atoms with Gasteiger partial charge in [-0.25, -0.2) is 0 Å². The molecule has 1 aliphatic rings. The van der Waals surface area contributed by atoms with Crippen LogP contribution in [0.5, 0.6) is 5.75 Å². The van der Waals surface area contributed by atoms with E-state index in [1.165, 1.54) is 17.5 Å². The molecule has 3 rings (SSSR count). The van der Waals surface area contributed by atoms with Crippen LogP contribution in [0.25, 0.3) is 0 Å². The molecule has 2 aromatic rings. The summed E-state index contributed by atoms with van der Waals surface area (Å²) in [5.74, 6) is 0.917. The molecule has 1 heterocycles. The zero-order valence-electron chi connectivity index (χ0n) is 14.8. The molecule has 1 N–H and O–H groups in total. The van der Waals surface area contributed by atoms with Gasteiger partial charge in [0.25, 0.3) is 0 Å². The van der Waals surface area contributed by atoms with E-state index < -0.39 is 0 Å². The predicted molar refractivity (Wildman–Crippen MR) is 101 cm³/mol. The number of morpholine rings is 1. The van der Waals surface area contributed by atoms with Crippen LogP contribution in [-0.2, 0) is 17.9 Å². The third kappa shape index (κ3) is 6.50. The van der Waals surface area contributed by atoms with E-state index in [0.717, 1.165) is 51.7 Å². The van der Waals surface area contributed by atoms with Crippen molar-refractivity contribution >= 4 is 0 Å². The average molecular weight is 340 g/mol. The van der Waals surface area contributed by atoms with E-state index in [1.54, 1.807) is 0 Å². The summed E-state index contributed by atoms with van der Waals surface area (Å²) in [5, 5.41) is 3.52. The Morgan fingerprint density at radius 3 is 2.44 bits per heavy atom. The molecule has 0 spiro atoms. The molecule has 1 fully saturated rings. The first kappa shape index (κ1) is 17.9. The zero-order valence-corrected chi connectivity index (χ0v) is 14.8. The number of benzene rings is 2. The van der Waals surface area contributed by atoms with Crippen molar-refractivity contribution in [3.8, 4) is 5.75 Å². The number of rotatable bonds is 9. The quantitative estimate of drug-likeness (QED) is 0.711. The fourth-order valence-electron chi connectivity index (χ4n) is 2.93. The first-order valence-corrected chi connectivity index (χ1v) is 9.17. The summed E-state index contributed by atoms with van der Waals surface area (Å²) < 4.78 is 11.2. The molecule has 1 saturated heterocycles. The van der Waals surface area contributed by atoms with Gasteiger partial charge in [0.15, 0.2) is 0 Å². The van der Waals surface area contributed by atoms with Gasteiger partial charge in [0, 0.05) is 19.6 Å². The Morgan fingerprint density at radius 1 is 0.920 bits per heavy atom. The monoisotopic (exact) mass is 340 g/mol. The molecule has 134 valence electrons. The molecule has 2 aromatic carbocycles. The normalized spacial score (nSPS) is 15.2. The van der Waals surface area contributed by atoms with Gasteiger partial charge >= 0.3 is 0 Å². The van der Waals surface area contributed by atoms with Crippen LogP contribution in [0.15, 0.2) is 54.6 Å². The summed E-state index contributed by atoms with van der Waals surface area (Å²) in [6.45, 7) is 7.63. The Kier molecular flexibility index (Phi) is 7.31. The molecule has 4 nitrogen and oxygen atoms in total. The molecule has 4 heteroatoms. The maximum atomic E-state index is 5.82. The largest absolute Gasteiger partial charge is 0.489 e. The van der Waals surface area contributed by atoms with Crippen molar-refractivity contribution in [2.45, 2.75) is 19.6 Å². The Labute approximate surface area is 150 Å². The Bertz CT molecular complexity index is 595. The van der Waals surface area contributed by atoms with Crippen molar-refractivity contribution in [3.05, 3.63) is 65.7 Å². The predicted octanol–water partition coefficient (Wildman–Crippen LogP) is 3.08. The fourth-order valence-corrected chi connectivity index (χ4v) is 2.93. The van der Waals surface area contributed by atoms with E-state index in [4.69, 9.17) is 9.47 Å². The van der Waals surface area contributed by atoms with Crippen molar-refractivity contribution in [2.75, 3.05) is 39.4 Å². The zero-order chi connectivity index (χ0) is 17.2. The van der Waals surface area contributed by atoms with Crippen LogP contribution < -0.4 is 10.1 Å². The highest BCUT2D eigenvalue weighted by Crippen LogP contribution is 2.14. The fraction of sp³-hybridized carbons (Fsp3) is 0.429. The van der Waals surface area contributed by atoms with Gasteiger partial charge in [-0.15, -0.1) is 0 Å². The minimum Gasteiger partial charge on any atom is -0.489 e. The Hall–Kier alpha value is -1.88. The van der Waals surface area contributed by atoms with Gasteiger partial charge in [-0.2, -0.15) is 0 Å². The van der Waals surface area contributed by atoms with E-state index in [1.807, 2.05) is 30.3 Å². The minimum atomic E-state index is 0.611. The van der Waals surface area contributed by atoms with E-state index in [9.17, 15) is 0 Å². The first-order chi connectivity index (χ1) is 12.4. The van der Waals surface area contributed by atoms with Gasteiger partial charge in [-0.3, -0.25) is 4.90 Å². The average Bonchev–Trinajstić information content (AvgIpc) is 2.69. The third-order valence-electron chi connectivity index (χ3n) is 4.43. The highest BCUT2D eigenvalue weighted by molar-refractivity contribution is 5.27. The van der Waals surface area contributed by atoms with Gasteiger partial charge in [-0.05, 0) is 42.8 Å². The lowest BCUT2D eigenvalue weighted by molar-refractivity contribution is 0.0374. The van der Waals surface area contributed by atoms with Gasteiger partial charge in [0.2, 0.25) is 0 Å². The standard InChI is InChI=1S/C21H28N2O2/c1-2-5-20(6-3-1)18-25-21-9-7-19(8-10-21)17-22-11-4-12-23-13-15-24-16-14-23/h1-3,5-10,22H,4,11-18H2. The Morgan fingerprint density at radius 2 is 1.68 bits per heavy atom. The molecule has 0 unspecified atom stereocenters. The van der Waals surface area contributed by atoms with Crippen LogP contribution in [0.1, 0.15) is 17.5 Å². The second-order valence-electron chi connectivity index (χ2n) is 6.40. The van der Waals surface area contributed by atoms with Gasteiger partial charge < -0.3 is 14.8 Å². The number of nitrogens with one attached hydrogen (secondary N) is 1. The molecule has 0 radical (unpaired) electrons. The molecule has 0 aliphatic carbocycles. The molecular formula is C21H28N2O2.